The van der Waals surface area contributed by atoms with Gasteiger partial charge in [0.1, 0.15) is 5.75 Å². The van der Waals surface area contributed by atoms with Gasteiger partial charge in [0.15, 0.2) is 0 Å². The van der Waals surface area contributed by atoms with Crippen LogP contribution in [0.3, 0.4) is 0 Å². The number of hydrogen-bond acceptors (Lipinski definition) is 3. The van der Waals surface area contributed by atoms with Gasteiger partial charge in [-0.15, -0.1) is 0 Å². The number of hydrogen-bond donors (Lipinski definition) is 0. The molecule has 0 aliphatic heterocycles. The Hall–Kier alpha value is -2.03. The summed E-state index contributed by atoms with van der Waals surface area (Å²) < 4.78 is 39.3. The number of halogens is 3. The van der Waals surface area contributed by atoms with Crippen LogP contribution in [0, 0.1) is 11.3 Å². The predicted molar refractivity (Wildman–Crippen MR) is 42.8 cm³/mol. The minimum Gasteiger partial charge on any atom is -0.420 e. The number of nitrogens with zero attached hydrogens (tertiary/aromatic N) is 1. The Balaban J connectivity index is 2.83. The normalized spacial score (nSPS) is 10.5. The third-order valence-corrected chi connectivity index (χ3v) is 1.41. The largest absolute Gasteiger partial charge is 0.491 e. The summed E-state index contributed by atoms with van der Waals surface area (Å²) in [7, 11) is 0. The Kier molecular flexibility index (Phi) is 2.95. The lowest BCUT2D eigenvalue weighted by atomic mass is 10.2. The van der Waals surface area contributed by atoms with Crippen LogP contribution in [0.2, 0.25) is 0 Å². The highest BCUT2D eigenvalue weighted by Gasteiger charge is 2.41. The van der Waals surface area contributed by atoms with Crippen molar-refractivity contribution >= 4 is 5.97 Å². The van der Waals surface area contributed by atoms with E-state index in [-0.39, 0.29) is 11.3 Å². The molecule has 0 atom stereocenters. The van der Waals surface area contributed by atoms with Gasteiger partial charge in [-0.1, -0.05) is 6.07 Å². The van der Waals surface area contributed by atoms with Crippen LogP contribution in [-0.4, -0.2) is 12.1 Å². The van der Waals surface area contributed by atoms with Crippen molar-refractivity contribution < 1.29 is 22.7 Å². The predicted octanol–water partition coefficient (Wildman–Crippen LogP) is 2.03. The first-order chi connectivity index (χ1) is 6.93. The van der Waals surface area contributed by atoms with Crippen LogP contribution in [-0.2, 0) is 4.79 Å². The molecule has 0 bridgehead atoms. The van der Waals surface area contributed by atoms with Crippen molar-refractivity contribution in [3.63, 3.8) is 0 Å². The highest BCUT2D eigenvalue weighted by molar-refractivity contribution is 5.78. The van der Waals surface area contributed by atoms with E-state index >= 15 is 0 Å². The SMILES string of the molecule is N#Cc1cccc(OC(=O)C(F)(F)F)c1. The van der Waals surface area contributed by atoms with Gasteiger partial charge in [0.2, 0.25) is 0 Å². The molecular formula is C9H4F3NO2. The molecule has 0 aliphatic rings. The minimum absolute atomic E-state index is 0.113. The molecule has 3 nitrogen and oxygen atoms in total. The number of benzene rings is 1. The second-order valence-corrected chi connectivity index (χ2v) is 2.53. The molecule has 0 fully saturated rings. The fourth-order valence-corrected chi connectivity index (χ4v) is 0.794. The molecule has 1 aromatic rings. The van der Waals surface area contributed by atoms with Crippen molar-refractivity contribution in [2.24, 2.45) is 0 Å². The standard InChI is InChI=1S/C9H4F3NO2/c10-9(11,12)8(14)15-7-3-1-2-6(4-7)5-13/h1-4H. The number of rotatable bonds is 1. The Labute approximate surface area is 82.7 Å². The summed E-state index contributed by atoms with van der Waals surface area (Å²) in [6, 6.07) is 6.61. The highest BCUT2D eigenvalue weighted by atomic mass is 19.4. The van der Waals surface area contributed by atoms with E-state index in [1.807, 2.05) is 0 Å². The van der Waals surface area contributed by atoms with Crippen LogP contribution < -0.4 is 4.74 Å². The van der Waals surface area contributed by atoms with Crippen LogP contribution in [0.15, 0.2) is 24.3 Å². The van der Waals surface area contributed by atoms with Crippen LogP contribution in [0.4, 0.5) is 13.2 Å². The molecule has 0 N–H and O–H groups in total. The third-order valence-electron chi connectivity index (χ3n) is 1.41. The Morgan fingerprint density at radius 1 is 1.40 bits per heavy atom. The van der Waals surface area contributed by atoms with Crippen molar-refractivity contribution in [3.8, 4) is 11.8 Å². The first-order valence-electron chi connectivity index (χ1n) is 3.72. The van der Waals surface area contributed by atoms with E-state index in [4.69, 9.17) is 5.26 Å². The fraction of sp³-hybridized carbons (Fsp3) is 0.111. The van der Waals surface area contributed by atoms with E-state index in [0.717, 1.165) is 12.1 Å². The lowest BCUT2D eigenvalue weighted by Gasteiger charge is -2.06. The fourth-order valence-electron chi connectivity index (χ4n) is 0.794. The Bertz CT molecular complexity index is 420. The first-order valence-corrected chi connectivity index (χ1v) is 3.72. The maximum atomic E-state index is 11.8. The number of ether oxygens (including phenoxy) is 1. The molecule has 0 amide bonds. The van der Waals surface area contributed by atoms with Crippen molar-refractivity contribution in [1.29, 1.82) is 5.26 Å². The second-order valence-electron chi connectivity index (χ2n) is 2.53. The Morgan fingerprint density at radius 3 is 2.60 bits per heavy atom. The molecule has 0 unspecified atom stereocenters. The Morgan fingerprint density at radius 2 is 2.07 bits per heavy atom. The maximum absolute atomic E-state index is 11.8. The van der Waals surface area contributed by atoms with Gasteiger partial charge in [-0.2, -0.15) is 18.4 Å². The van der Waals surface area contributed by atoms with Gasteiger partial charge in [0, 0.05) is 0 Å². The number of carbonyl (C=O) groups excluding carboxylic acids is 1. The summed E-state index contributed by atoms with van der Waals surface area (Å²) in [4.78, 5) is 10.4. The second kappa shape index (κ2) is 4.00. The van der Waals surface area contributed by atoms with Crippen LogP contribution in [0.25, 0.3) is 0 Å². The van der Waals surface area contributed by atoms with Crippen LogP contribution >= 0.6 is 0 Å². The molecule has 0 aromatic heterocycles. The topological polar surface area (TPSA) is 50.1 Å². The number of alkyl halides is 3. The monoisotopic (exact) mass is 215 g/mol. The number of carbonyl (C=O) groups is 1. The zero-order valence-corrected chi connectivity index (χ0v) is 7.21. The summed E-state index contributed by atoms with van der Waals surface area (Å²) in [5, 5.41) is 8.44. The van der Waals surface area contributed by atoms with Gasteiger partial charge in [0.25, 0.3) is 0 Å². The average Bonchev–Trinajstić information content (AvgIpc) is 2.16. The van der Waals surface area contributed by atoms with Crippen molar-refractivity contribution in [2.75, 3.05) is 0 Å². The maximum Gasteiger partial charge on any atom is 0.491 e. The van der Waals surface area contributed by atoms with E-state index in [2.05, 4.69) is 4.74 Å². The highest BCUT2D eigenvalue weighted by Crippen LogP contribution is 2.20. The van der Waals surface area contributed by atoms with Gasteiger partial charge >= 0.3 is 12.1 Å². The van der Waals surface area contributed by atoms with Crippen LogP contribution in [0.5, 0.6) is 5.75 Å². The summed E-state index contributed by atoms with van der Waals surface area (Å²) in [6.45, 7) is 0. The number of esters is 1. The third kappa shape index (κ3) is 2.98. The smallest absolute Gasteiger partial charge is 0.420 e. The van der Waals surface area contributed by atoms with Gasteiger partial charge in [-0.05, 0) is 18.2 Å². The molecule has 0 saturated carbocycles. The molecule has 78 valence electrons. The van der Waals surface area contributed by atoms with Gasteiger partial charge in [0.05, 0.1) is 11.6 Å². The van der Waals surface area contributed by atoms with Gasteiger partial charge in [-0.3, -0.25) is 0 Å². The molecule has 0 heterocycles. The van der Waals surface area contributed by atoms with Gasteiger partial charge in [-0.25, -0.2) is 4.79 Å². The quantitative estimate of drug-likeness (QED) is 0.532. The molecule has 0 radical (unpaired) electrons. The van der Waals surface area contributed by atoms with E-state index in [9.17, 15) is 18.0 Å². The van der Waals surface area contributed by atoms with E-state index in [0.29, 0.717) is 0 Å². The average molecular weight is 215 g/mol. The molecule has 6 heteroatoms. The minimum atomic E-state index is -5.04. The first kappa shape index (κ1) is 11.0. The molecule has 0 spiro atoms. The number of nitriles is 1. The van der Waals surface area contributed by atoms with Crippen molar-refractivity contribution in [3.05, 3.63) is 29.8 Å². The molecule has 0 aliphatic carbocycles. The van der Waals surface area contributed by atoms with Crippen molar-refractivity contribution in [1.82, 2.24) is 0 Å². The van der Waals surface area contributed by atoms with Crippen molar-refractivity contribution in [2.45, 2.75) is 6.18 Å². The zero-order chi connectivity index (χ0) is 11.5. The summed E-state index contributed by atoms with van der Waals surface area (Å²) in [6.07, 6.45) is -5.04. The van der Waals surface area contributed by atoms with Crippen LogP contribution in [0.1, 0.15) is 5.56 Å². The molecule has 1 rings (SSSR count). The summed E-state index contributed by atoms with van der Waals surface area (Å²) in [5.74, 6) is -2.62. The molecular weight excluding hydrogens is 211 g/mol. The molecule has 1 aromatic carbocycles. The molecule has 15 heavy (non-hydrogen) atoms. The van der Waals surface area contributed by atoms with Gasteiger partial charge < -0.3 is 4.74 Å². The molecule has 0 saturated heterocycles. The van der Waals surface area contributed by atoms with E-state index < -0.39 is 12.1 Å². The summed E-state index contributed by atoms with van der Waals surface area (Å²) >= 11 is 0. The summed E-state index contributed by atoms with van der Waals surface area (Å²) in [5.41, 5.74) is 0.113. The zero-order valence-electron chi connectivity index (χ0n) is 7.21. The van der Waals surface area contributed by atoms with E-state index in [1.54, 1.807) is 6.07 Å². The van der Waals surface area contributed by atoms with E-state index in [1.165, 1.54) is 12.1 Å². The lowest BCUT2D eigenvalue weighted by molar-refractivity contribution is -0.189. The lowest BCUT2D eigenvalue weighted by Crippen LogP contribution is -2.27.